The third-order valence-corrected chi connectivity index (χ3v) is 8.32. The number of rotatable bonds is 7. The van der Waals surface area contributed by atoms with Gasteiger partial charge < -0.3 is 10.0 Å². The summed E-state index contributed by atoms with van der Waals surface area (Å²) in [7, 11) is -0.743. The van der Waals surface area contributed by atoms with Crippen molar-refractivity contribution in [2.24, 2.45) is 0 Å². The van der Waals surface area contributed by atoms with Crippen molar-refractivity contribution in [3.05, 3.63) is 102 Å². The van der Waals surface area contributed by atoms with Gasteiger partial charge in [0.2, 0.25) is 0 Å². The topological polar surface area (TPSA) is 81.2 Å². The van der Waals surface area contributed by atoms with Crippen molar-refractivity contribution in [1.29, 1.82) is 0 Å². The zero-order valence-electron chi connectivity index (χ0n) is 20.0. The van der Waals surface area contributed by atoms with E-state index in [2.05, 4.69) is 0 Å². The Hall–Kier alpha value is -3.20. The van der Waals surface area contributed by atoms with Crippen molar-refractivity contribution in [1.82, 2.24) is 9.21 Å². The predicted octanol–water partition coefficient (Wildman–Crippen LogP) is 3.62. The van der Waals surface area contributed by atoms with Crippen molar-refractivity contribution < 1.29 is 18.3 Å². The molecule has 3 aromatic carbocycles. The molecule has 0 unspecified atom stereocenters. The Bertz CT molecular complexity index is 1240. The summed E-state index contributed by atoms with van der Waals surface area (Å²) < 4.78 is 28.6. The van der Waals surface area contributed by atoms with Crippen LogP contribution in [0.1, 0.15) is 34.3 Å². The molecule has 4 rings (SSSR count). The molecular weight excluding hydrogens is 462 g/mol. The fourth-order valence-corrected chi connectivity index (χ4v) is 5.42. The summed E-state index contributed by atoms with van der Waals surface area (Å²) in [6, 6.07) is 25.6. The minimum absolute atomic E-state index is 0.128. The summed E-state index contributed by atoms with van der Waals surface area (Å²) in [6.45, 7) is 1.07. The van der Waals surface area contributed by atoms with Gasteiger partial charge in [-0.1, -0.05) is 60.7 Å². The SMILES string of the molecule is CN(C)S(=O)(=O)N(Cc1ccccc1)c1ccc(C(=O)N2CCC(O)(c3ccccc3)CC2)cc1. The van der Waals surface area contributed by atoms with E-state index in [1.807, 2.05) is 60.7 Å². The first-order valence-electron chi connectivity index (χ1n) is 11.6. The van der Waals surface area contributed by atoms with Crippen LogP contribution in [0.5, 0.6) is 0 Å². The second kappa shape index (κ2) is 10.2. The first-order valence-corrected chi connectivity index (χ1v) is 13.0. The van der Waals surface area contributed by atoms with Crippen molar-refractivity contribution in [2.45, 2.75) is 25.0 Å². The molecule has 8 heteroatoms. The number of hydrogen-bond acceptors (Lipinski definition) is 4. The molecule has 1 heterocycles. The summed E-state index contributed by atoms with van der Waals surface area (Å²) in [6.07, 6.45) is 0.930. The van der Waals surface area contributed by atoms with Gasteiger partial charge in [-0.3, -0.25) is 9.10 Å². The van der Waals surface area contributed by atoms with Gasteiger partial charge in [-0.2, -0.15) is 12.7 Å². The highest BCUT2D eigenvalue weighted by atomic mass is 32.2. The molecule has 0 aromatic heterocycles. The van der Waals surface area contributed by atoms with Crippen LogP contribution in [0, 0.1) is 0 Å². The highest BCUT2D eigenvalue weighted by Crippen LogP contribution is 2.33. The number of piperidine rings is 1. The number of aliphatic hydroxyl groups is 1. The third-order valence-electron chi connectivity index (χ3n) is 6.50. The van der Waals surface area contributed by atoms with Crippen LogP contribution in [0.25, 0.3) is 0 Å². The van der Waals surface area contributed by atoms with E-state index in [9.17, 15) is 18.3 Å². The van der Waals surface area contributed by atoms with Crippen LogP contribution < -0.4 is 4.31 Å². The van der Waals surface area contributed by atoms with E-state index in [1.54, 1.807) is 29.2 Å². The van der Waals surface area contributed by atoms with Gasteiger partial charge in [0.05, 0.1) is 17.8 Å². The largest absolute Gasteiger partial charge is 0.385 e. The molecule has 35 heavy (non-hydrogen) atoms. The molecule has 1 N–H and O–H groups in total. The maximum absolute atomic E-state index is 13.1. The molecule has 0 saturated carbocycles. The summed E-state index contributed by atoms with van der Waals surface area (Å²) in [5.41, 5.74) is 1.77. The Morgan fingerprint density at radius 1 is 0.886 bits per heavy atom. The highest BCUT2D eigenvalue weighted by Gasteiger charge is 2.35. The fourth-order valence-electron chi connectivity index (χ4n) is 4.32. The van der Waals surface area contributed by atoms with Gasteiger partial charge in [0.25, 0.3) is 5.91 Å². The van der Waals surface area contributed by atoms with Crippen LogP contribution in [0.15, 0.2) is 84.9 Å². The molecule has 1 aliphatic heterocycles. The number of carbonyl (C=O) groups is 1. The second-order valence-corrected chi connectivity index (χ2v) is 11.1. The Morgan fingerprint density at radius 3 is 1.97 bits per heavy atom. The second-order valence-electron chi connectivity index (χ2n) is 9.02. The molecule has 1 amide bonds. The lowest BCUT2D eigenvalue weighted by atomic mass is 9.84. The fraction of sp³-hybridized carbons (Fsp3) is 0.296. The summed E-state index contributed by atoms with van der Waals surface area (Å²) in [5.74, 6) is -0.128. The maximum Gasteiger partial charge on any atom is 0.303 e. The molecule has 0 bridgehead atoms. The van der Waals surface area contributed by atoms with Crippen LogP contribution in [0.3, 0.4) is 0 Å². The van der Waals surface area contributed by atoms with Gasteiger partial charge in [-0.25, -0.2) is 0 Å². The number of likely N-dealkylation sites (tertiary alicyclic amines) is 1. The Labute approximate surface area is 207 Å². The minimum Gasteiger partial charge on any atom is -0.385 e. The van der Waals surface area contributed by atoms with E-state index >= 15 is 0 Å². The predicted molar refractivity (Wildman–Crippen MR) is 137 cm³/mol. The lowest BCUT2D eigenvalue weighted by molar-refractivity contribution is -0.0211. The summed E-state index contributed by atoms with van der Waals surface area (Å²) in [4.78, 5) is 14.9. The molecule has 3 aromatic rings. The molecule has 0 radical (unpaired) electrons. The van der Waals surface area contributed by atoms with E-state index in [0.29, 0.717) is 37.2 Å². The van der Waals surface area contributed by atoms with Gasteiger partial charge in [0.15, 0.2) is 0 Å². The van der Waals surface area contributed by atoms with Gasteiger partial charge in [0.1, 0.15) is 0 Å². The van der Waals surface area contributed by atoms with E-state index < -0.39 is 15.8 Å². The smallest absolute Gasteiger partial charge is 0.303 e. The van der Waals surface area contributed by atoms with Gasteiger partial charge >= 0.3 is 10.2 Å². The van der Waals surface area contributed by atoms with Crippen LogP contribution in [0.2, 0.25) is 0 Å². The lowest BCUT2D eigenvalue weighted by Crippen LogP contribution is -2.45. The van der Waals surface area contributed by atoms with Crippen LogP contribution >= 0.6 is 0 Å². The summed E-state index contributed by atoms with van der Waals surface area (Å²) >= 11 is 0. The van der Waals surface area contributed by atoms with E-state index in [0.717, 1.165) is 11.1 Å². The molecule has 184 valence electrons. The maximum atomic E-state index is 13.1. The van der Waals surface area contributed by atoms with Gasteiger partial charge in [-0.05, 0) is 48.2 Å². The van der Waals surface area contributed by atoms with E-state index in [4.69, 9.17) is 0 Å². The van der Waals surface area contributed by atoms with Gasteiger partial charge in [-0.15, -0.1) is 0 Å². The standard InChI is InChI=1S/C27H31N3O4S/c1-28(2)35(33,34)30(21-22-9-5-3-6-10-22)25-15-13-23(14-16-25)26(31)29-19-17-27(32,18-20-29)24-11-7-4-8-12-24/h3-16,32H,17-21H2,1-2H3. The lowest BCUT2D eigenvalue weighted by Gasteiger charge is -2.38. The van der Waals surface area contributed by atoms with Crippen LogP contribution in [-0.2, 0) is 22.4 Å². The van der Waals surface area contributed by atoms with Crippen LogP contribution in [0.4, 0.5) is 5.69 Å². The monoisotopic (exact) mass is 493 g/mol. The molecular formula is C27H31N3O4S. The molecule has 0 aliphatic carbocycles. The van der Waals surface area contributed by atoms with Gasteiger partial charge in [0, 0.05) is 32.7 Å². The minimum atomic E-state index is -3.74. The zero-order chi connectivity index (χ0) is 25.1. The Balaban J connectivity index is 1.49. The number of anilines is 1. The zero-order valence-corrected chi connectivity index (χ0v) is 20.9. The van der Waals surface area contributed by atoms with Crippen molar-refractivity contribution in [3.8, 4) is 0 Å². The van der Waals surface area contributed by atoms with Crippen LogP contribution in [-0.4, -0.2) is 55.8 Å². The number of benzene rings is 3. The molecule has 7 nitrogen and oxygen atoms in total. The summed E-state index contributed by atoms with van der Waals surface area (Å²) in [5, 5.41) is 11.0. The van der Waals surface area contributed by atoms with E-state index in [-0.39, 0.29) is 12.5 Å². The Kier molecular flexibility index (Phi) is 7.25. The molecule has 1 fully saturated rings. The van der Waals surface area contributed by atoms with Crippen molar-refractivity contribution in [2.75, 3.05) is 31.5 Å². The highest BCUT2D eigenvalue weighted by molar-refractivity contribution is 7.90. The average molecular weight is 494 g/mol. The average Bonchev–Trinajstić information content (AvgIpc) is 2.88. The van der Waals surface area contributed by atoms with E-state index in [1.165, 1.54) is 22.7 Å². The molecule has 0 atom stereocenters. The first-order chi connectivity index (χ1) is 16.7. The number of carbonyl (C=O) groups excluding carboxylic acids is 1. The quantitative estimate of drug-likeness (QED) is 0.545. The molecule has 1 saturated heterocycles. The van der Waals surface area contributed by atoms with Crippen molar-refractivity contribution in [3.63, 3.8) is 0 Å². The third kappa shape index (κ3) is 5.40. The number of nitrogens with zero attached hydrogens (tertiary/aromatic N) is 3. The molecule has 1 aliphatic rings. The van der Waals surface area contributed by atoms with Crippen molar-refractivity contribution >= 4 is 21.8 Å². The number of hydrogen-bond donors (Lipinski definition) is 1. The first kappa shape index (κ1) is 24.9. The molecule has 0 spiro atoms. The normalized spacial score (nSPS) is 15.7. The number of amides is 1. The Morgan fingerprint density at radius 2 is 1.43 bits per heavy atom.